The third-order valence-electron chi connectivity index (χ3n) is 4.11. The van der Waals surface area contributed by atoms with Gasteiger partial charge in [-0.05, 0) is 19.4 Å². The summed E-state index contributed by atoms with van der Waals surface area (Å²) in [6.45, 7) is 14.1. The van der Waals surface area contributed by atoms with E-state index in [1.807, 2.05) is 6.92 Å². The van der Waals surface area contributed by atoms with Gasteiger partial charge in [-0.2, -0.15) is 6.92 Å². The van der Waals surface area contributed by atoms with Crippen LogP contribution in [0.1, 0.15) is 41.5 Å². The molecular formula is C11H21NOY30-2. The summed E-state index contributed by atoms with van der Waals surface area (Å²) < 4.78 is 0. The third-order valence-corrected chi connectivity index (χ3v) is 4.11. The molecule has 1 heterocycles. The second kappa shape index (κ2) is 131. The molecule has 43 heavy (non-hydrogen) atoms. The van der Waals surface area contributed by atoms with Crippen LogP contribution in [0.4, 0.5) is 0 Å². The normalized spacial score (nSPS) is 11.5. The van der Waals surface area contributed by atoms with Gasteiger partial charge in [-0.3, -0.25) is 0 Å². The summed E-state index contributed by atoms with van der Waals surface area (Å²) >= 11 is 0. The fourth-order valence-electron chi connectivity index (χ4n) is 2.15. The van der Waals surface area contributed by atoms with Crippen LogP contribution in [-0.4, -0.2) is 16.2 Å². The van der Waals surface area contributed by atoms with Crippen molar-refractivity contribution < 1.29 is 986 Å². The van der Waals surface area contributed by atoms with E-state index in [4.69, 9.17) is 0 Å². The zero-order valence-electron chi connectivity index (χ0n) is 26.8. The molecule has 0 amide bonds. The summed E-state index contributed by atoms with van der Waals surface area (Å²) in [4.78, 5) is 0. The average molecular weight is 2850 g/mol. The first-order chi connectivity index (χ1) is 5.67. The van der Waals surface area contributed by atoms with E-state index in [2.05, 4.69) is 39.9 Å². The van der Waals surface area contributed by atoms with Crippen molar-refractivity contribution in [3.8, 4) is 0 Å². The molecule has 1 aliphatic rings. The molecule has 1 atom stereocenters. The summed E-state index contributed by atoms with van der Waals surface area (Å²) in [5, 5.41) is 12.7. The van der Waals surface area contributed by atoms with Crippen molar-refractivity contribution in [2.24, 2.45) is 5.41 Å². The van der Waals surface area contributed by atoms with Crippen LogP contribution in [0.15, 0.2) is 0 Å². The van der Waals surface area contributed by atoms with Crippen molar-refractivity contribution in [3.05, 3.63) is 12.5 Å². The Bertz CT molecular complexity index is 248. The molecule has 168 valence electrons. The summed E-state index contributed by atoms with van der Waals surface area (Å²) in [7, 11) is 0. The van der Waals surface area contributed by atoms with Crippen LogP contribution in [-0.2, 0) is 981 Å². The Morgan fingerprint density at radius 2 is 0.512 bits per heavy atom. The van der Waals surface area contributed by atoms with Crippen molar-refractivity contribution in [2.45, 2.75) is 52.6 Å². The van der Waals surface area contributed by atoms with Crippen LogP contribution in [0.5, 0.6) is 0 Å². The number of hydrogen-bond acceptors (Lipinski definition) is 2. The van der Waals surface area contributed by atoms with Crippen molar-refractivity contribution in [1.29, 1.82) is 0 Å². The van der Waals surface area contributed by atoms with Crippen molar-refractivity contribution in [3.63, 3.8) is 0 Å². The minimum Gasteiger partial charge on any atom is -0.567 e. The fraction of sp³-hybridized carbons (Fsp3) is 0.818. The molecule has 30 radical (unpaired) electrons. The standard InChI is InChI=1S/C11H21NO.30Y/c1-8-9(2,3)10(4,5)12-11(8,6)7-13;;;;;;;;;;;;;;;;;;;;;;;;;;;;;;/h7,12-13H,1-6H3;;;;;;;;;;;;;;;;;;;;;;;;;;;;;;/q-2;;;;;;;;;;;;;;;;;;;;;;;;;;;;;;/t11-;;;;;;;;;;;;;;;;;;;;;;;;;;;;;;/m1............................../s1. The molecule has 1 aliphatic heterocycles. The van der Waals surface area contributed by atoms with Gasteiger partial charge in [0, 0.05) is 981 Å². The van der Waals surface area contributed by atoms with E-state index in [1.165, 1.54) is 12.5 Å². The Balaban J connectivity index is -0.00000000201. The Kier molecular flexibility index (Phi) is 615. The molecule has 1 rings (SSSR count). The van der Waals surface area contributed by atoms with E-state index >= 15 is 0 Å². The molecule has 1 fully saturated rings. The van der Waals surface area contributed by atoms with E-state index in [1.54, 1.807) is 0 Å². The number of nitrogens with one attached hydrogen (secondary N) is 1. The molecule has 0 aromatic heterocycles. The van der Waals surface area contributed by atoms with Crippen LogP contribution in [0, 0.1) is 17.9 Å². The SMILES string of the molecule is C[C-]1C(C)(C)C(C)(C)N[C@]1(C)[CH-]O.[Y].[Y].[Y].[Y].[Y].[Y].[Y].[Y].[Y].[Y].[Y].[Y].[Y].[Y].[Y].[Y].[Y].[Y].[Y].[Y].[Y].[Y].[Y].[Y].[Y].[Y].[Y].[Y].[Y].[Y]. The molecule has 2 N–H and O–H groups in total. The first-order valence-corrected chi connectivity index (χ1v) is 4.80. The predicted octanol–water partition coefficient (Wildman–Crippen LogP) is 2.21. The van der Waals surface area contributed by atoms with Gasteiger partial charge in [0.05, 0.1) is 0 Å². The van der Waals surface area contributed by atoms with Crippen LogP contribution < -0.4 is 5.32 Å². The van der Waals surface area contributed by atoms with Gasteiger partial charge < -0.3 is 16.3 Å². The smallest absolute Gasteiger partial charge is 0 e. The first kappa shape index (κ1) is 202. The number of rotatable bonds is 1. The third kappa shape index (κ3) is 101. The summed E-state index contributed by atoms with van der Waals surface area (Å²) in [5.74, 6) is 1.28. The average Bonchev–Trinajstić information content (AvgIpc) is 2.11. The van der Waals surface area contributed by atoms with Gasteiger partial charge in [-0.25, -0.2) is 12.1 Å². The van der Waals surface area contributed by atoms with Crippen molar-refractivity contribution >= 4 is 0 Å². The Labute approximate surface area is 1020 Å². The van der Waals surface area contributed by atoms with Gasteiger partial charge >= 0.3 is 0 Å². The minimum absolute atomic E-state index is 0. The Morgan fingerprint density at radius 3 is 0.558 bits per heavy atom. The molecule has 32 heteroatoms. The van der Waals surface area contributed by atoms with Gasteiger partial charge in [-0.1, -0.05) is 20.8 Å². The van der Waals surface area contributed by atoms with E-state index in [9.17, 15) is 5.11 Å². The maximum absolute atomic E-state index is 9.25. The topological polar surface area (TPSA) is 32.3 Å². The maximum atomic E-state index is 9.25. The van der Waals surface area contributed by atoms with Crippen molar-refractivity contribution in [2.75, 3.05) is 0 Å². The second-order valence-electron chi connectivity index (χ2n) is 5.33. The van der Waals surface area contributed by atoms with Gasteiger partial charge in [0.2, 0.25) is 0 Å². The molecule has 0 aliphatic carbocycles. The van der Waals surface area contributed by atoms with E-state index < -0.39 is 0 Å². The van der Waals surface area contributed by atoms with Gasteiger partial charge in [0.15, 0.2) is 0 Å². The van der Waals surface area contributed by atoms with Crippen LogP contribution in [0.25, 0.3) is 0 Å². The van der Waals surface area contributed by atoms with E-state index in [0.717, 1.165) is 0 Å². The van der Waals surface area contributed by atoms with Gasteiger partial charge in [0.1, 0.15) is 0 Å². The summed E-state index contributed by atoms with van der Waals surface area (Å²) in [6, 6.07) is 0. The van der Waals surface area contributed by atoms with Crippen LogP contribution in [0.3, 0.4) is 0 Å². The van der Waals surface area contributed by atoms with E-state index in [0.29, 0.717) is 0 Å². The molecular weight excluding hydrogens is 2830 g/mol. The predicted molar refractivity (Wildman–Crippen MR) is 54.6 cm³/mol. The maximum Gasteiger partial charge on any atom is 0 e. The van der Waals surface area contributed by atoms with Crippen LogP contribution >= 0.6 is 0 Å². The number of aliphatic hydroxyl groups is 1. The first-order valence-electron chi connectivity index (χ1n) is 4.80. The molecule has 1 saturated heterocycles. The molecule has 0 saturated carbocycles. The minimum atomic E-state index is -0.340. The molecule has 0 spiro atoms. The van der Waals surface area contributed by atoms with Gasteiger partial charge in [-0.15, -0.1) is 5.41 Å². The number of hydrogen-bond donors (Lipinski definition) is 2. The monoisotopic (exact) mass is 2850 g/mol. The number of aliphatic hydroxyl groups excluding tert-OH is 1. The molecule has 0 aromatic carbocycles. The Hall–Kier alpha value is 33.0. The van der Waals surface area contributed by atoms with Gasteiger partial charge in [0.25, 0.3) is 0 Å². The summed E-state index contributed by atoms with van der Waals surface area (Å²) in [6.07, 6.45) is 0. The Morgan fingerprint density at radius 1 is 0.372 bits per heavy atom. The van der Waals surface area contributed by atoms with E-state index in [-0.39, 0.29) is 998 Å². The van der Waals surface area contributed by atoms with Crippen molar-refractivity contribution in [1.82, 2.24) is 5.32 Å². The zero-order chi connectivity index (χ0) is 10.5. The largest absolute Gasteiger partial charge is 0.567 e. The molecule has 0 bridgehead atoms. The molecule has 0 unspecified atom stereocenters. The molecule has 2 nitrogen and oxygen atoms in total. The molecule has 0 aromatic rings. The quantitative estimate of drug-likeness (QED) is 0.396. The zero-order valence-corrected chi connectivity index (χ0v) is 112. The summed E-state index contributed by atoms with van der Waals surface area (Å²) in [5.41, 5.74) is -0.223. The van der Waals surface area contributed by atoms with Crippen LogP contribution in [0.2, 0.25) is 0 Å². The fourth-order valence-corrected chi connectivity index (χ4v) is 2.15. The second-order valence-corrected chi connectivity index (χ2v) is 5.33.